The number of likely N-dealkylation sites (tertiary alicyclic amines) is 1. The van der Waals surface area contributed by atoms with Gasteiger partial charge in [0.05, 0.1) is 22.6 Å². The normalized spacial score (nSPS) is 18.2. The van der Waals surface area contributed by atoms with Crippen molar-refractivity contribution >= 4 is 17.3 Å². The highest BCUT2D eigenvalue weighted by molar-refractivity contribution is 7.18. The number of rotatable bonds is 6. The fourth-order valence-electron chi connectivity index (χ4n) is 5.60. The van der Waals surface area contributed by atoms with E-state index in [1.54, 1.807) is 30.3 Å². The second-order valence-electron chi connectivity index (χ2n) is 10.3. The summed E-state index contributed by atoms with van der Waals surface area (Å²) in [7, 11) is 0. The highest BCUT2D eigenvalue weighted by Crippen LogP contribution is 2.47. The molecule has 208 valence electrons. The van der Waals surface area contributed by atoms with E-state index in [0.717, 1.165) is 45.9 Å². The van der Waals surface area contributed by atoms with Gasteiger partial charge in [-0.2, -0.15) is 13.2 Å². The number of piperidine rings is 1. The third-order valence-electron chi connectivity index (χ3n) is 7.59. The second kappa shape index (κ2) is 10.5. The van der Waals surface area contributed by atoms with Crippen molar-refractivity contribution in [1.82, 2.24) is 15.0 Å². The molecule has 2 aliphatic rings. The Hall–Kier alpha value is -3.54. The summed E-state index contributed by atoms with van der Waals surface area (Å²) in [5, 5.41) is 24.2. The molecule has 1 aliphatic carbocycles. The first-order valence-corrected chi connectivity index (χ1v) is 13.9. The molecule has 7 nitrogen and oxygen atoms in total. The fraction of sp³-hybridized carbons (Fsp3) is 0.345. The predicted octanol–water partition coefficient (Wildman–Crippen LogP) is 6.08. The lowest BCUT2D eigenvalue weighted by molar-refractivity contribution is -0.143. The van der Waals surface area contributed by atoms with Crippen LogP contribution in [0.5, 0.6) is 0 Å². The maximum Gasteiger partial charge on any atom is 0.422 e. The number of alkyl halides is 3. The molecule has 3 heterocycles. The molecule has 2 atom stereocenters. The van der Waals surface area contributed by atoms with Crippen LogP contribution in [0, 0.1) is 5.92 Å². The Bertz CT molecular complexity index is 1550. The largest absolute Gasteiger partial charge is 0.481 e. The van der Waals surface area contributed by atoms with Crippen LogP contribution in [0.4, 0.5) is 13.2 Å². The Morgan fingerprint density at radius 1 is 1.18 bits per heavy atom. The van der Waals surface area contributed by atoms with Crippen molar-refractivity contribution in [3.05, 3.63) is 70.9 Å². The molecule has 4 aromatic rings. The molecule has 0 saturated carbocycles. The third kappa shape index (κ3) is 5.04. The van der Waals surface area contributed by atoms with Crippen LogP contribution >= 0.6 is 11.3 Å². The average molecular weight is 570 g/mol. The molecule has 6 rings (SSSR count). The number of carboxylic acids is 1. The summed E-state index contributed by atoms with van der Waals surface area (Å²) in [6, 6.07) is 13.8. The number of benzene rings is 2. The molecule has 2 N–H and O–H groups in total. The zero-order chi connectivity index (χ0) is 28.0. The molecule has 0 amide bonds. The number of carboxylic acid groups (broad SMARTS) is 1. The van der Waals surface area contributed by atoms with Crippen molar-refractivity contribution in [2.24, 2.45) is 5.92 Å². The minimum Gasteiger partial charge on any atom is -0.481 e. The van der Waals surface area contributed by atoms with Gasteiger partial charge in [-0.05, 0) is 48.9 Å². The van der Waals surface area contributed by atoms with Gasteiger partial charge in [0, 0.05) is 18.7 Å². The maximum atomic E-state index is 14.2. The van der Waals surface area contributed by atoms with E-state index in [1.165, 1.54) is 0 Å². The number of hydrogen-bond acceptors (Lipinski definition) is 7. The van der Waals surface area contributed by atoms with Crippen LogP contribution in [0.25, 0.3) is 32.5 Å². The Labute approximate surface area is 231 Å². The van der Waals surface area contributed by atoms with Crippen LogP contribution in [0.1, 0.15) is 41.3 Å². The number of thiazole rings is 1. The van der Waals surface area contributed by atoms with Gasteiger partial charge in [0.15, 0.2) is 5.01 Å². The SMILES string of the molecule is O=C(O)C1CCCN(C[C@@H](O)c2ccc3c(c2)CCc2nc(-c4onc(-c5ccccc5)c4C(F)(F)F)sc2-3)C1. The van der Waals surface area contributed by atoms with E-state index in [2.05, 4.69) is 10.1 Å². The standard InChI is InChI=1S/C29H26F3N3O4S/c30-29(31,32)23-24(16-5-2-1-3-6-16)34-39-25(23)27-33-21-11-9-17-13-18(8-10-20(17)26(21)40-27)22(36)15-35-12-4-7-19(14-35)28(37)38/h1-3,5-6,8,10,13,19,22,36H,4,7,9,11-12,14-15H2,(H,37,38)/t19?,22-/m1/s1. The smallest absolute Gasteiger partial charge is 0.422 e. The average Bonchev–Trinajstić information content (AvgIpc) is 3.58. The Morgan fingerprint density at radius 3 is 2.73 bits per heavy atom. The molecule has 0 bridgehead atoms. The first-order valence-electron chi connectivity index (χ1n) is 13.1. The van der Waals surface area contributed by atoms with Crippen molar-refractivity contribution in [2.75, 3.05) is 19.6 Å². The molecule has 1 fully saturated rings. The monoisotopic (exact) mass is 569 g/mol. The van der Waals surface area contributed by atoms with Gasteiger partial charge in [0.25, 0.3) is 0 Å². The van der Waals surface area contributed by atoms with Crippen molar-refractivity contribution in [3.8, 4) is 32.5 Å². The van der Waals surface area contributed by atoms with Crippen molar-refractivity contribution in [2.45, 2.75) is 38.0 Å². The molecular formula is C29H26F3N3O4S. The van der Waals surface area contributed by atoms with Crippen LogP contribution in [0.15, 0.2) is 53.1 Å². The van der Waals surface area contributed by atoms with Crippen molar-refractivity contribution < 1.29 is 32.7 Å². The lowest BCUT2D eigenvalue weighted by Gasteiger charge is -2.32. The fourth-order valence-corrected chi connectivity index (χ4v) is 6.75. The van der Waals surface area contributed by atoms with Crippen molar-refractivity contribution in [1.29, 1.82) is 0 Å². The van der Waals surface area contributed by atoms with E-state index in [-0.39, 0.29) is 16.5 Å². The Morgan fingerprint density at radius 2 is 1.98 bits per heavy atom. The lowest BCUT2D eigenvalue weighted by atomic mass is 9.91. The van der Waals surface area contributed by atoms with Crippen LogP contribution in [-0.4, -0.2) is 50.9 Å². The first-order chi connectivity index (χ1) is 19.2. The third-order valence-corrected chi connectivity index (χ3v) is 8.72. The lowest BCUT2D eigenvalue weighted by Crippen LogP contribution is -2.40. The number of β-amino-alcohol motifs (C(OH)–C–C–N with tert-alkyl or cyclic N) is 1. The van der Waals surface area contributed by atoms with Gasteiger partial charge in [-0.3, -0.25) is 9.69 Å². The first kappa shape index (κ1) is 26.7. The summed E-state index contributed by atoms with van der Waals surface area (Å²) in [5.41, 5.74) is 2.41. The maximum absolute atomic E-state index is 14.2. The summed E-state index contributed by atoms with van der Waals surface area (Å²) in [6.07, 6.45) is -2.87. The van der Waals surface area contributed by atoms with E-state index >= 15 is 0 Å². The summed E-state index contributed by atoms with van der Waals surface area (Å²) < 4.78 is 47.9. The van der Waals surface area contributed by atoms with E-state index in [1.807, 2.05) is 23.1 Å². The number of aryl methyl sites for hydroxylation is 2. The Balaban J connectivity index is 1.28. The number of nitrogens with zero attached hydrogens (tertiary/aromatic N) is 3. The number of aliphatic carboxylic acids is 1. The molecule has 1 aliphatic heterocycles. The minimum absolute atomic E-state index is 0.127. The number of aromatic nitrogens is 2. The van der Waals surface area contributed by atoms with E-state index in [4.69, 9.17) is 4.52 Å². The van der Waals surface area contributed by atoms with Crippen LogP contribution in [0.2, 0.25) is 0 Å². The zero-order valence-electron chi connectivity index (χ0n) is 21.3. The van der Waals surface area contributed by atoms with Gasteiger partial charge >= 0.3 is 12.1 Å². The quantitative estimate of drug-likeness (QED) is 0.290. The molecule has 11 heteroatoms. The highest BCUT2D eigenvalue weighted by Gasteiger charge is 2.42. The minimum atomic E-state index is -4.69. The second-order valence-corrected chi connectivity index (χ2v) is 11.3. The summed E-state index contributed by atoms with van der Waals surface area (Å²) >= 11 is 1.14. The molecule has 0 spiro atoms. The summed E-state index contributed by atoms with van der Waals surface area (Å²) in [6.45, 7) is 1.50. The zero-order valence-corrected chi connectivity index (χ0v) is 22.1. The van der Waals surface area contributed by atoms with Crippen LogP contribution in [-0.2, 0) is 23.8 Å². The van der Waals surface area contributed by atoms with E-state index in [9.17, 15) is 28.2 Å². The van der Waals surface area contributed by atoms with Gasteiger partial charge in [0.2, 0.25) is 5.76 Å². The molecule has 0 radical (unpaired) electrons. The number of halogens is 3. The molecule has 1 unspecified atom stereocenters. The van der Waals surface area contributed by atoms with Gasteiger partial charge in [-0.25, -0.2) is 4.98 Å². The van der Waals surface area contributed by atoms with Gasteiger partial charge < -0.3 is 14.7 Å². The molecule has 2 aromatic carbocycles. The van der Waals surface area contributed by atoms with Crippen LogP contribution in [0.3, 0.4) is 0 Å². The van der Waals surface area contributed by atoms with E-state index < -0.39 is 29.7 Å². The predicted molar refractivity (Wildman–Crippen MR) is 143 cm³/mol. The van der Waals surface area contributed by atoms with Gasteiger partial charge in [-0.15, -0.1) is 11.3 Å². The van der Waals surface area contributed by atoms with E-state index in [0.29, 0.717) is 43.6 Å². The number of aliphatic hydroxyl groups excluding tert-OH is 1. The Kier molecular flexibility index (Phi) is 6.97. The van der Waals surface area contributed by atoms with Gasteiger partial charge in [0.1, 0.15) is 11.3 Å². The summed E-state index contributed by atoms with van der Waals surface area (Å²) in [4.78, 5) is 18.7. The topological polar surface area (TPSA) is 99.7 Å². The molecule has 1 saturated heterocycles. The molecular weight excluding hydrogens is 543 g/mol. The number of carbonyl (C=O) groups is 1. The molecule has 2 aromatic heterocycles. The van der Waals surface area contributed by atoms with Crippen molar-refractivity contribution in [3.63, 3.8) is 0 Å². The highest BCUT2D eigenvalue weighted by atomic mass is 32.1. The number of aliphatic hydroxyl groups is 1. The molecule has 40 heavy (non-hydrogen) atoms. The number of fused-ring (bicyclic) bond motifs is 3. The summed E-state index contributed by atoms with van der Waals surface area (Å²) in [5.74, 6) is -1.62. The van der Waals surface area contributed by atoms with Gasteiger partial charge in [-0.1, -0.05) is 53.7 Å². The van der Waals surface area contributed by atoms with Crippen LogP contribution < -0.4 is 0 Å². The number of hydrogen-bond donors (Lipinski definition) is 2.